The first kappa shape index (κ1) is 15.1. The van der Waals surface area contributed by atoms with Crippen molar-refractivity contribution in [2.24, 2.45) is 0 Å². The molecule has 1 heterocycles. The normalized spacial score (nSPS) is 11.5. The van der Waals surface area contributed by atoms with Gasteiger partial charge in [0.2, 0.25) is 10.0 Å². The van der Waals surface area contributed by atoms with Gasteiger partial charge < -0.3 is 0 Å². The van der Waals surface area contributed by atoms with E-state index < -0.39 is 14.9 Å². The third-order valence-electron chi connectivity index (χ3n) is 2.82. The van der Waals surface area contributed by atoms with Crippen molar-refractivity contribution in [3.63, 3.8) is 0 Å². The maximum Gasteiger partial charge on any atom is 0.269 e. The molecule has 0 aliphatic rings. The zero-order valence-electron chi connectivity index (χ0n) is 11.3. The van der Waals surface area contributed by atoms with Gasteiger partial charge in [-0.15, -0.1) is 0 Å². The number of nitro benzene ring substituents is 1. The van der Waals surface area contributed by atoms with Crippen LogP contribution in [0.2, 0.25) is 0 Å². The van der Waals surface area contributed by atoms with Crippen molar-refractivity contribution in [1.29, 1.82) is 0 Å². The van der Waals surface area contributed by atoms with Crippen molar-refractivity contribution < 1.29 is 13.3 Å². The average molecular weight is 310 g/mol. The van der Waals surface area contributed by atoms with Gasteiger partial charge in [-0.2, -0.15) is 5.10 Å². The van der Waals surface area contributed by atoms with Gasteiger partial charge in [-0.05, 0) is 25.1 Å². The lowest BCUT2D eigenvalue weighted by atomic mass is 10.3. The topological polar surface area (TPSA) is 107 Å². The highest BCUT2D eigenvalue weighted by atomic mass is 32.2. The van der Waals surface area contributed by atoms with Crippen LogP contribution in [0.1, 0.15) is 12.6 Å². The summed E-state index contributed by atoms with van der Waals surface area (Å²) in [7, 11) is -3.72. The van der Waals surface area contributed by atoms with Gasteiger partial charge in [0.15, 0.2) is 0 Å². The van der Waals surface area contributed by atoms with Crippen molar-refractivity contribution in [2.45, 2.75) is 24.9 Å². The number of hydrogen-bond acceptors (Lipinski definition) is 5. The summed E-state index contributed by atoms with van der Waals surface area (Å²) in [6, 6.07) is 6.43. The Balaban J connectivity index is 2.09. The molecular weight excluding hydrogens is 296 g/mol. The van der Waals surface area contributed by atoms with Gasteiger partial charge in [0, 0.05) is 24.9 Å². The fourth-order valence-corrected chi connectivity index (χ4v) is 2.67. The molecule has 0 aliphatic heterocycles. The highest BCUT2D eigenvalue weighted by molar-refractivity contribution is 7.89. The molecule has 1 aromatic heterocycles. The molecule has 0 unspecified atom stereocenters. The average Bonchev–Trinajstić information content (AvgIpc) is 2.93. The predicted octanol–water partition coefficient (Wildman–Crippen LogP) is 1.29. The Morgan fingerprint density at radius 3 is 2.48 bits per heavy atom. The van der Waals surface area contributed by atoms with Gasteiger partial charge in [0.1, 0.15) is 0 Å². The largest absolute Gasteiger partial charge is 0.273 e. The Hall–Kier alpha value is -2.26. The van der Waals surface area contributed by atoms with Crippen molar-refractivity contribution >= 4 is 15.7 Å². The SMILES string of the molecule is CCn1ccc(CNS(=O)(=O)c2ccc([N+](=O)[O-])cc2)n1. The summed E-state index contributed by atoms with van der Waals surface area (Å²) < 4.78 is 28.2. The van der Waals surface area contributed by atoms with Crippen molar-refractivity contribution in [2.75, 3.05) is 0 Å². The van der Waals surface area contributed by atoms with E-state index in [1.54, 1.807) is 16.9 Å². The number of nitrogens with one attached hydrogen (secondary N) is 1. The van der Waals surface area contributed by atoms with Crippen LogP contribution in [0.3, 0.4) is 0 Å². The van der Waals surface area contributed by atoms with Crippen LogP contribution < -0.4 is 4.72 Å². The zero-order valence-corrected chi connectivity index (χ0v) is 12.1. The van der Waals surface area contributed by atoms with Crippen molar-refractivity contribution in [3.05, 3.63) is 52.3 Å². The van der Waals surface area contributed by atoms with Gasteiger partial charge >= 0.3 is 0 Å². The Kier molecular flexibility index (Phi) is 4.34. The summed E-state index contributed by atoms with van der Waals surface area (Å²) >= 11 is 0. The van der Waals surface area contributed by atoms with E-state index in [2.05, 4.69) is 9.82 Å². The van der Waals surface area contributed by atoms with Crippen molar-refractivity contribution in [1.82, 2.24) is 14.5 Å². The third kappa shape index (κ3) is 3.64. The molecule has 2 aromatic rings. The Labute approximate surface area is 121 Å². The molecule has 0 atom stereocenters. The summed E-state index contributed by atoms with van der Waals surface area (Å²) in [5.41, 5.74) is 0.443. The molecule has 0 spiro atoms. The van der Waals surface area contributed by atoms with Crippen LogP contribution in [-0.4, -0.2) is 23.1 Å². The highest BCUT2D eigenvalue weighted by Crippen LogP contribution is 2.15. The van der Waals surface area contributed by atoms with Gasteiger partial charge in [0.25, 0.3) is 5.69 Å². The summed E-state index contributed by atoms with van der Waals surface area (Å²) in [5.74, 6) is 0. The van der Waals surface area contributed by atoms with E-state index in [1.807, 2.05) is 6.92 Å². The molecular formula is C12H14N4O4S. The van der Waals surface area contributed by atoms with Crippen LogP contribution >= 0.6 is 0 Å². The Bertz CT molecular complexity index is 737. The number of hydrogen-bond donors (Lipinski definition) is 1. The van der Waals surface area contributed by atoms with Gasteiger partial charge in [-0.1, -0.05) is 0 Å². The van der Waals surface area contributed by atoms with Crippen LogP contribution in [0.15, 0.2) is 41.4 Å². The lowest BCUT2D eigenvalue weighted by molar-refractivity contribution is -0.384. The molecule has 2 rings (SSSR count). The highest BCUT2D eigenvalue weighted by Gasteiger charge is 2.16. The molecule has 9 heteroatoms. The molecule has 21 heavy (non-hydrogen) atoms. The van der Waals surface area contributed by atoms with Gasteiger partial charge in [-0.25, -0.2) is 13.1 Å². The fourth-order valence-electron chi connectivity index (χ4n) is 1.67. The van der Waals surface area contributed by atoms with Gasteiger partial charge in [-0.3, -0.25) is 14.8 Å². The van der Waals surface area contributed by atoms with E-state index in [-0.39, 0.29) is 17.1 Å². The quantitative estimate of drug-likeness (QED) is 0.639. The lowest BCUT2D eigenvalue weighted by Gasteiger charge is -2.05. The first-order chi connectivity index (χ1) is 9.92. The molecule has 0 bridgehead atoms. The van der Waals surface area contributed by atoms with Crippen LogP contribution in [0.25, 0.3) is 0 Å². The number of sulfonamides is 1. The standard InChI is InChI=1S/C12H14N4O4S/c1-2-15-8-7-10(14-15)9-13-21(19,20)12-5-3-11(4-6-12)16(17)18/h3-8,13H,2,9H2,1H3. The first-order valence-electron chi connectivity index (χ1n) is 6.19. The van der Waals surface area contributed by atoms with Crippen molar-refractivity contribution in [3.8, 4) is 0 Å². The molecule has 0 radical (unpaired) electrons. The molecule has 0 saturated carbocycles. The molecule has 0 saturated heterocycles. The second-order valence-electron chi connectivity index (χ2n) is 4.24. The number of benzene rings is 1. The molecule has 0 fully saturated rings. The third-order valence-corrected chi connectivity index (χ3v) is 4.24. The second-order valence-corrected chi connectivity index (χ2v) is 6.01. The second kappa shape index (κ2) is 6.02. The fraction of sp³-hybridized carbons (Fsp3) is 0.250. The Morgan fingerprint density at radius 2 is 1.95 bits per heavy atom. The smallest absolute Gasteiger partial charge is 0.269 e. The predicted molar refractivity (Wildman–Crippen MR) is 75.0 cm³/mol. The van der Waals surface area contributed by atoms with E-state index in [0.717, 1.165) is 12.1 Å². The lowest BCUT2D eigenvalue weighted by Crippen LogP contribution is -2.23. The molecule has 0 aliphatic carbocycles. The van der Waals surface area contributed by atoms with Crippen LogP contribution in [0, 0.1) is 10.1 Å². The van der Waals surface area contributed by atoms with Crippen LogP contribution in [0.4, 0.5) is 5.69 Å². The summed E-state index contributed by atoms with van der Waals surface area (Å²) in [6.07, 6.45) is 1.76. The monoisotopic (exact) mass is 310 g/mol. The maximum absolute atomic E-state index is 12.0. The molecule has 0 amide bonds. The van der Waals surface area contributed by atoms with E-state index in [4.69, 9.17) is 0 Å². The van der Waals surface area contributed by atoms with Crippen LogP contribution in [-0.2, 0) is 23.1 Å². The number of nitro groups is 1. The number of non-ortho nitro benzene ring substituents is 1. The van der Waals surface area contributed by atoms with Gasteiger partial charge in [0.05, 0.1) is 22.1 Å². The molecule has 1 N–H and O–H groups in total. The molecule has 112 valence electrons. The number of aromatic nitrogens is 2. The minimum Gasteiger partial charge on any atom is -0.273 e. The van der Waals surface area contributed by atoms with E-state index in [0.29, 0.717) is 12.2 Å². The van der Waals surface area contributed by atoms with Crippen LogP contribution in [0.5, 0.6) is 0 Å². The minimum atomic E-state index is -3.72. The van der Waals surface area contributed by atoms with E-state index >= 15 is 0 Å². The summed E-state index contributed by atoms with van der Waals surface area (Å²) in [5, 5.41) is 14.7. The molecule has 1 aromatic carbocycles. The summed E-state index contributed by atoms with van der Waals surface area (Å²) in [6.45, 7) is 2.69. The zero-order chi connectivity index (χ0) is 15.5. The first-order valence-corrected chi connectivity index (χ1v) is 7.67. The Morgan fingerprint density at radius 1 is 1.29 bits per heavy atom. The van der Waals surface area contributed by atoms with E-state index in [1.165, 1.54) is 12.1 Å². The number of aryl methyl sites for hydroxylation is 1. The van der Waals surface area contributed by atoms with E-state index in [9.17, 15) is 18.5 Å². The molecule has 8 nitrogen and oxygen atoms in total. The summed E-state index contributed by atoms with van der Waals surface area (Å²) in [4.78, 5) is 9.93. The number of nitrogens with zero attached hydrogens (tertiary/aromatic N) is 3. The maximum atomic E-state index is 12.0. The number of rotatable bonds is 6. The minimum absolute atomic E-state index is 0.0250.